The first-order valence-corrected chi connectivity index (χ1v) is 8.84. The van der Waals surface area contributed by atoms with Crippen LogP contribution in [0.5, 0.6) is 0 Å². The zero-order valence-electron chi connectivity index (χ0n) is 14.8. The van der Waals surface area contributed by atoms with E-state index in [-0.39, 0.29) is 12.0 Å². The Labute approximate surface area is 148 Å². The van der Waals surface area contributed by atoms with E-state index in [9.17, 15) is 9.59 Å². The molecule has 1 aromatic rings. The molecule has 0 aliphatic carbocycles. The fraction of sp³-hybridized carbons (Fsp3) is 0.579. The van der Waals surface area contributed by atoms with Crippen molar-refractivity contribution in [1.29, 1.82) is 0 Å². The maximum Gasteiger partial charge on any atom is 0.329 e. The number of benzene rings is 1. The number of para-hydroxylation sites is 1. The molecule has 3 atom stereocenters. The highest BCUT2D eigenvalue weighted by Gasteiger charge is 2.40. The number of hydrogen-bond donors (Lipinski definition) is 0. The third-order valence-electron chi connectivity index (χ3n) is 4.84. The van der Waals surface area contributed by atoms with Crippen LogP contribution in [0.25, 0.3) is 0 Å². The van der Waals surface area contributed by atoms with E-state index >= 15 is 0 Å². The SMILES string of the molecule is COC(=O)[C@@H]1Cc2ccccc2N1C(=O)[C@H](C)OC[C@@H]1CCCCO1. The highest BCUT2D eigenvalue weighted by Crippen LogP contribution is 2.33. The number of fused-ring (bicyclic) bond motifs is 1. The van der Waals surface area contributed by atoms with Crippen LogP contribution in [0.15, 0.2) is 24.3 Å². The molecule has 25 heavy (non-hydrogen) atoms. The Morgan fingerprint density at radius 1 is 1.32 bits per heavy atom. The van der Waals surface area contributed by atoms with Crippen LogP contribution in [0, 0.1) is 0 Å². The van der Waals surface area contributed by atoms with Crippen LogP contribution < -0.4 is 4.90 Å². The van der Waals surface area contributed by atoms with Crippen LogP contribution in [0.1, 0.15) is 31.7 Å². The number of amides is 1. The van der Waals surface area contributed by atoms with Crippen LogP contribution in [0.3, 0.4) is 0 Å². The van der Waals surface area contributed by atoms with Gasteiger partial charge in [0.2, 0.25) is 0 Å². The topological polar surface area (TPSA) is 65.1 Å². The number of hydrogen-bond acceptors (Lipinski definition) is 5. The summed E-state index contributed by atoms with van der Waals surface area (Å²) in [4.78, 5) is 26.6. The van der Waals surface area contributed by atoms with Gasteiger partial charge in [0, 0.05) is 18.7 Å². The summed E-state index contributed by atoms with van der Waals surface area (Å²) in [7, 11) is 1.34. The molecular weight excluding hydrogens is 322 g/mol. The molecule has 2 aliphatic rings. The van der Waals surface area contributed by atoms with Crippen molar-refractivity contribution in [2.75, 3.05) is 25.2 Å². The van der Waals surface area contributed by atoms with Gasteiger partial charge in [0.25, 0.3) is 5.91 Å². The minimum atomic E-state index is -0.649. The number of carbonyl (C=O) groups excluding carboxylic acids is 2. The first-order valence-electron chi connectivity index (χ1n) is 8.84. The molecule has 3 rings (SSSR count). The number of esters is 1. The first-order chi connectivity index (χ1) is 12.1. The number of ether oxygens (including phenoxy) is 3. The average Bonchev–Trinajstić information content (AvgIpc) is 3.05. The van der Waals surface area contributed by atoms with E-state index in [0.29, 0.717) is 13.0 Å². The van der Waals surface area contributed by atoms with Gasteiger partial charge in [0.05, 0.1) is 19.8 Å². The molecule has 6 nitrogen and oxygen atoms in total. The summed E-state index contributed by atoms with van der Waals surface area (Å²) in [6, 6.07) is 6.92. The summed E-state index contributed by atoms with van der Waals surface area (Å²) in [5.41, 5.74) is 1.72. The molecule has 0 radical (unpaired) electrons. The lowest BCUT2D eigenvalue weighted by molar-refractivity contribution is -0.145. The van der Waals surface area contributed by atoms with Gasteiger partial charge in [-0.2, -0.15) is 0 Å². The highest BCUT2D eigenvalue weighted by molar-refractivity contribution is 6.04. The molecule has 0 bridgehead atoms. The minimum absolute atomic E-state index is 0.0475. The van der Waals surface area contributed by atoms with E-state index in [0.717, 1.165) is 37.1 Å². The highest BCUT2D eigenvalue weighted by atomic mass is 16.5. The Balaban J connectivity index is 1.70. The molecule has 0 aromatic heterocycles. The van der Waals surface area contributed by atoms with E-state index in [4.69, 9.17) is 14.2 Å². The first kappa shape index (κ1) is 17.9. The van der Waals surface area contributed by atoms with Gasteiger partial charge in [-0.05, 0) is 37.8 Å². The molecule has 2 aliphatic heterocycles. The molecule has 1 saturated heterocycles. The zero-order chi connectivity index (χ0) is 17.8. The van der Waals surface area contributed by atoms with Crippen LogP contribution in [-0.2, 0) is 30.2 Å². The smallest absolute Gasteiger partial charge is 0.329 e. The second-order valence-corrected chi connectivity index (χ2v) is 6.54. The Bertz CT molecular complexity index is 626. The minimum Gasteiger partial charge on any atom is -0.467 e. The summed E-state index contributed by atoms with van der Waals surface area (Å²) in [6.07, 6.45) is 3.03. The maximum atomic E-state index is 13.0. The molecule has 0 unspecified atom stereocenters. The van der Waals surface area contributed by atoms with E-state index in [2.05, 4.69) is 0 Å². The summed E-state index contributed by atoms with van der Waals surface area (Å²) < 4.78 is 16.3. The molecule has 0 spiro atoms. The maximum absolute atomic E-state index is 13.0. The summed E-state index contributed by atoms with van der Waals surface area (Å²) >= 11 is 0. The molecule has 6 heteroatoms. The van der Waals surface area contributed by atoms with Crippen molar-refractivity contribution in [3.8, 4) is 0 Å². The molecule has 1 fully saturated rings. The standard InChI is InChI=1S/C19H25NO5/c1-13(25-12-15-8-5-6-10-24-15)18(21)20-16-9-4-3-7-14(16)11-17(20)19(22)23-2/h3-4,7,9,13,15,17H,5-6,8,10-12H2,1-2H3/t13-,15-,17-/m0/s1. The fourth-order valence-corrected chi connectivity index (χ4v) is 3.44. The number of anilines is 1. The lowest BCUT2D eigenvalue weighted by atomic mass is 10.1. The molecule has 136 valence electrons. The molecule has 0 N–H and O–H groups in total. The van der Waals surface area contributed by atoms with Crippen molar-refractivity contribution in [3.05, 3.63) is 29.8 Å². The Kier molecular flexibility index (Phi) is 5.71. The van der Waals surface area contributed by atoms with E-state index in [1.807, 2.05) is 24.3 Å². The monoisotopic (exact) mass is 347 g/mol. The Hall–Kier alpha value is -1.92. The normalized spacial score (nSPS) is 23.8. The Morgan fingerprint density at radius 3 is 2.84 bits per heavy atom. The predicted molar refractivity (Wildman–Crippen MR) is 92.4 cm³/mol. The summed E-state index contributed by atoms with van der Waals surface area (Å²) in [5.74, 6) is -0.636. The van der Waals surface area contributed by atoms with Gasteiger partial charge < -0.3 is 14.2 Å². The van der Waals surface area contributed by atoms with Gasteiger partial charge in [-0.25, -0.2) is 4.79 Å². The van der Waals surface area contributed by atoms with Crippen molar-refractivity contribution in [3.63, 3.8) is 0 Å². The summed E-state index contributed by atoms with van der Waals surface area (Å²) in [6.45, 7) is 2.87. The number of methoxy groups -OCH3 is 1. The van der Waals surface area contributed by atoms with E-state index in [1.165, 1.54) is 12.0 Å². The number of rotatable bonds is 5. The van der Waals surface area contributed by atoms with Crippen LogP contribution in [0.4, 0.5) is 5.69 Å². The second kappa shape index (κ2) is 7.97. The van der Waals surface area contributed by atoms with Gasteiger partial charge >= 0.3 is 5.97 Å². The third-order valence-corrected chi connectivity index (χ3v) is 4.84. The van der Waals surface area contributed by atoms with Gasteiger partial charge in [-0.1, -0.05) is 18.2 Å². The lowest BCUT2D eigenvalue weighted by Crippen LogP contribution is -2.48. The van der Waals surface area contributed by atoms with Crippen molar-refractivity contribution < 1.29 is 23.8 Å². The molecular formula is C19H25NO5. The molecule has 1 aromatic carbocycles. The molecule has 2 heterocycles. The second-order valence-electron chi connectivity index (χ2n) is 6.54. The summed E-state index contributed by atoms with van der Waals surface area (Å²) in [5, 5.41) is 0. The van der Waals surface area contributed by atoms with Crippen molar-refractivity contribution >= 4 is 17.6 Å². The predicted octanol–water partition coefficient (Wildman–Crippen LogP) is 2.09. The molecule has 0 saturated carbocycles. The largest absolute Gasteiger partial charge is 0.467 e. The quantitative estimate of drug-likeness (QED) is 0.763. The number of carbonyl (C=O) groups is 2. The van der Waals surface area contributed by atoms with Crippen molar-refractivity contribution in [2.45, 2.75) is 50.9 Å². The van der Waals surface area contributed by atoms with Crippen LogP contribution >= 0.6 is 0 Å². The van der Waals surface area contributed by atoms with Gasteiger partial charge in [0.15, 0.2) is 0 Å². The van der Waals surface area contributed by atoms with Crippen LogP contribution in [0.2, 0.25) is 0 Å². The third kappa shape index (κ3) is 3.85. The Morgan fingerprint density at radius 2 is 2.12 bits per heavy atom. The van der Waals surface area contributed by atoms with E-state index in [1.54, 1.807) is 6.92 Å². The molecule has 1 amide bonds. The van der Waals surface area contributed by atoms with Gasteiger partial charge in [0.1, 0.15) is 12.1 Å². The van der Waals surface area contributed by atoms with Crippen molar-refractivity contribution in [2.24, 2.45) is 0 Å². The lowest BCUT2D eigenvalue weighted by Gasteiger charge is -2.28. The van der Waals surface area contributed by atoms with Gasteiger partial charge in [-0.15, -0.1) is 0 Å². The number of nitrogens with zero attached hydrogens (tertiary/aromatic N) is 1. The van der Waals surface area contributed by atoms with E-state index < -0.39 is 18.1 Å². The van der Waals surface area contributed by atoms with Gasteiger partial charge in [-0.3, -0.25) is 9.69 Å². The van der Waals surface area contributed by atoms with Crippen LogP contribution in [-0.4, -0.2) is 50.4 Å². The fourth-order valence-electron chi connectivity index (χ4n) is 3.44. The van der Waals surface area contributed by atoms with Crippen molar-refractivity contribution in [1.82, 2.24) is 0 Å². The zero-order valence-corrected chi connectivity index (χ0v) is 14.8. The average molecular weight is 347 g/mol.